The first-order valence-corrected chi connectivity index (χ1v) is 8.23. The van der Waals surface area contributed by atoms with Gasteiger partial charge in [-0.25, -0.2) is 0 Å². The summed E-state index contributed by atoms with van der Waals surface area (Å²) in [6, 6.07) is 8.50. The minimum Gasteiger partial charge on any atom is -0.508 e. The van der Waals surface area contributed by atoms with E-state index < -0.39 is 5.97 Å². The minimum atomic E-state index is -0.901. The first-order valence-electron chi connectivity index (χ1n) is 7.85. The van der Waals surface area contributed by atoms with E-state index in [1.165, 1.54) is 0 Å². The number of carboxylic acid groups (broad SMARTS) is 1. The molecule has 5 heteroatoms. The van der Waals surface area contributed by atoms with Gasteiger partial charge in [0.2, 0.25) is 0 Å². The number of hydrogen-bond acceptors (Lipinski definition) is 3. The molecule has 0 aliphatic carbocycles. The zero-order chi connectivity index (χ0) is 17.9. The van der Waals surface area contributed by atoms with Gasteiger partial charge in [0.05, 0.1) is 11.4 Å². The lowest BCUT2D eigenvalue weighted by Crippen LogP contribution is -2.02. The van der Waals surface area contributed by atoms with Crippen LogP contribution in [0.2, 0.25) is 5.02 Å². The number of aliphatic carboxylic acids is 1. The Kier molecular flexibility index (Phi) is 5.73. The van der Waals surface area contributed by atoms with Crippen LogP contribution in [0.3, 0.4) is 0 Å². The number of rotatable bonds is 6. The van der Waals surface area contributed by atoms with E-state index in [1.54, 1.807) is 30.3 Å². The van der Waals surface area contributed by atoms with E-state index in [4.69, 9.17) is 21.4 Å². The minimum absolute atomic E-state index is 0.0797. The van der Waals surface area contributed by atoms with Gasteiger partial charge in [0.15, 0.2) is 0 Å². The van der Waals surface area contributed by atoms with Gasteiger partial charge in [0.1, 0.15) is 17.2 Å². The van der Waals surface area contributed by atoms with Crippen molar-refractivity contribution in [2.45, 2.75) is 39.5 Å². The molecule has 0 saturated carbocycles. The first-order chi connectivity index (χ1) is 11.3. The molecule has 2 aromatic carbocycles. The van der Waals surface area contributed by atoms with Gasteiger partial charge in [-0.15, -0.1) is 0 Å². The highest BCUT2D eigenvalue weighted by molar-refractivity contribution is 6.32. The van der Waals surface area contributed by atoms with E-state index in [0.29, 0.717) is 28.5 Å². The zero-order valence-corrected chi connectivity index (χ0v) is 14.7. The summed E-state index contributed by atoms with van der Waals surface area (Å²) < 4.78 is 5.95. The van der Waals surface area contributed by atoms with Crippen molar-refractivity contribution >= 4 is 17.6 Å². The average molecular weight is 349 g/mol. The lowest BCUT2D eigenvalue weighted by molar-refractivity contribution is -0.136. The van der Waals surface area contributed by atoms with Gasteiger partial charge in [-0.2, -0.15) is 0 Å². The Balaban J connectivity index is 2.39. The van der Waals surface area contributed by atoms with Crippen molar-refractivity contribution in [2.75, 3.05) is 0 Å². The molecule has 2 N–H and O–H groups in total. The summed E-state index contributed by atoms with van der Waals surface area (Å²) in [5.41, 5.74) is 2.28. The molecule has 0 aromatic heterocycles. The summed E-state index contributed by atoms with van der Waals surface area (Å²) in [6.45, 7) is 5.94. The standard InChI is InChI=1S/C19H21ClO4/c1-4-13-7-12(9-18(22)23)8-16(20)19(13)24-14-5-6-17(21)15(10-14)11(2)3/h5-8,10-11,21H,4,9H2,1-3H3,(H,22,23). The van der Waals surface area contributed by atoms with Crippen LogP contribution in [0.5, 0.6) is 17.2 Å². The fourth-order valence-corrected chi connectivity index (χ4v) is 2.84. The Hall–Kier alpha value is -2.20. The number of ether oxygens (including phenoxy) is 1. The number of benzene rings is 2. The quantitative estimate of drug-likeness (QED) is 0.757. The van der Waals surface area contributed by atoms with Gasteiger partial charge in [0.25, 0.3) is 0 Å². The Labute approximate surface area is 146 Å². The molecule has 0 fully saturated rings. The lowest BCUT2D eigenvalue weighted by Gasteiger charge is -2.16. The van der Waals surface area contributed by atoms with Gasteiger partial charge in [-0.05, 0) is 47.7 Å². The Bertz CT molecular complexity index is 753. The fraction of sp³-hybridized carbons (Fsp3) is 0.316. The number of phenolic OH excluding ortho intramolecular Hbond substituents is 1. The fourth-order valence-electron chi connectivity index (χ4n) is 2.54. The first kappa shape index (κ1) is 18.1. The summed E-state index contributed by atoms with van der Waals surface area (Å²) in [6.07, 6.45) is 0.585. The van der Waals surface area contributed by atoms with Crippen LogP contribution in [0.4, 0.5) is 0 Å². The maximum atomic E-state index is 10.9. The maximum Gasteiger partial charge on any atom is 0.307 e. The molecule has 0 unspecified atom stereocenters. The Morgan fingerprint density at radius 2 is 1.96 bits per heavy atom. The summed E-state index contributed by atoms with van der Waals surface area (Å²) >= 11 is 6.31. The normalized spacial score (nSPS) is 10.9. The molecule has 0 bridgehead atoms. The van der Waals surface area contributed by atoms with E-state index in [2.05, 4.69) is 0 Å². The Morgan fingerprint density at radius 1 is 1.25 bits per heavy atom. The highest BCUT2D eigenvalue weighted by Crippen LogP contribution is 2.37. The van der Waals surface area contributed by atoms with E-state index in [9.17, 15) is 9.90 Å². The summed E-state index contributed by atoms with van der Waals surface area (Å²) in [7, 11) is 0. The van der Waals surface area contributed by atoms with Crippen LogP contribution in [-0.4, -0.2) is 16.2 Å². The van der Waals surface area contributed by atoms with Crippen LogP contribution in [0.25, 0.3) is 0 Å². The third-order valence-corrected chi connectivity index (χ3v) is 4.04. The van der Waals surface area contributed by atoms with E-state index >= 15 is 0 Å². The van der Waals surface area contributed by atoms with Gasteiger partial charge < -0.3 is 14.9 Å². The molecular weight excluding hydrogens is 328 g/mol. The molecule has 0 heterocycles. The van der Waals surface area contributed by atoms with Crippen molar-refractivity contribution in [3.63, 3.8) is 0 Å². The zero-order valence-electron chi connectivity index (χ0n) is 14.0. The highest BCUT2D eigenvalue weighted by Gasteiger charge is 2.14. The van der Waals surface area contributed by atoms with Crippen molar-refractivity contribution in [1.82, 2.24) is 0 Å². The molecule has 0 amide bonds. The predicted molar refractivity (Wildman–Crippen MR) is 94.4 cm³/mol. The van der Waals surface area contributed by atoms with Gasteiger partial charge >= 0.3 is 5.97 Å². The summed E-state index contributed by atoms with van der Waals surface area (Å²) in [5.74, 6) is 0.596. The maximum absolute atomic E-state index is 10.9. The van der Waals surface area contributed by atoms with Crippen LogP contribution in [0, 0.1) is 0 Å². The third-order valence-electron chi connectivity index (χ3n) is 3.76. The number of aromatic hydroxyl groups is 1. The topological polar surface area (TPSA) is 66.8 Å². The summed E-state index contributed by atoms with van der Waals surface area (Å²) in [5, 5.41) is 19.2. The third kappa shape index (κ3) is 4.20. The number of carbonyl (C=O) groups is 1. The van der Waals surface area contributed by atoms with Crippen molar-refractivity contribution in [3.05, 3.63) is 52.0 Å². The number of aryl methyl sites for hydroxylation is 1. The van der Waals surface area contributed by atoms with Crippen LogP contribution in [0.15, 0.2) is 30.3 Å². The molecule has 0 aliphatic heterocycles. The molecular formula is C19H21ClO4. The molecule has 0 radical (unpaired) electrons. The Morgan fingerprint density at radius 3 is 2.54 bits per heavy atom. The van der Waals surface area contributed by atoms with Crippen molar-refractivity contribution in [2.24, 2.45) is 0 Å². The van der Waals surface area contributed by atoms with Crippen LogP contribution < -0.4 is 4.74 Å². The van der Waals surface area contributed by atoms with Crippen molar-refractivity contribution in [1.29, 1.82) is 0 Å². The average Bonchev–Trinajstić information content (AvgIpc) is 2.50. The molecule has 24 heavy (non-hydrogen) atoms. The van der Waals surface area contributed by atoms with Gasteiger partial charge in [-0.1, -0.05) is 38.4 Å². The molecule has 2 aromatic rings. The van der Waals surface area contributed by atoms with Gasteiger partial charge in [-0.3, -0.25) is 4.79 Å². The molecule has 0 aliphatic rings. The molecule has 0 atom stereocenters. The second-order valence-corrected chi connectivity index (χ2v) is 6.37. The molecule has 4 nitrogen and oxygen atoms in total. The van der Waals surface area contributed by atoms with Crippen molar-refractivity contribution in [3.8, 4) is 17.2 Å². The lowest BCUT2D eigenvalue weighted by atomic mass is 10.0. The predicted octanol–water partition coefficient (Wildman–Crippen LogP) is 5.15. The van der Waals surface area contributed by atoms with Crippen LogP contribution >= 0.6 is 11.6 Å². The summed E-state index contributed by atoms with van der Waals surface area (Å²) in [4.78, 5) is 10.9. The number of phenols is 1. The largest absolute Gasteiger partial charge is 0.508 e. The van der Waals surface area contributed by atoms with E-state index in [0.717, 1.165) is 11.1 Å². The smallest absolute Gasteiger partial charge is 0.307 e. The van der Waals surface area contributed by atoms with Crippen LogP contribution in [-0.2, 0) is 17.6 Å². The molecule has 0 saturated heterocycles. The number of carboxylic acids is 1. The SMILES string of the molecule is CCc1cc(CC(=O)O)cc(Cl)c1Oc1ccc(O)c(C(C)C)c1. The molecule has 0 spiro atoms. The molecule has 2 rings (SSSR count). The van der Waals surface area contributed by atoms with E-state index in [1.807, 2.05) is 20.8 Å². The van der Waals surface area contributed by atoms with E-state index in [-0.39, 0.29) is 18.1 Å². The second-order valence-electron chi connectivity index (χ2n) is 5.97. The molecule has 128 valence electrons. The number of hydrogen-bond donors (Lipinski definition) is 2. The van der Waals surface area contributed by atoms with Crippen LogP contribution in [0.1, 0.15) is 43.4 Å². The number of halogens is 1. The van der Waals surface area contributed by atoms with Gasteiger partial charge in [0, 0.05) is 5.56 Å². The highest BCUT2D eigenvalue weighted by atomic mass is 35.5. The van der Waals surface area contributed by atoms with Crippen molar-refractivity contribution < 1.29 is 19.7 Å². The second kappa shape index (κ2) is 7.58. The monoisotopic (exact) mass is 348 g/mol.